The summed E-state index contributed by atoms with van der Waals surface area (Å²) in [5, 5.41) is 17.3. The van der Waals surface area contributed by atoms with E-state index in [2.05, 4.69) is 14.1 Å². The summed E-state index contributed by atoms with van der Waals surface area (Å²) in [4.78, 5) is 0. The van der Waals surface area contributed by atoms with Crippen molar-refractivity contribution in [2.24, 2.45) is 0 Å². The second kappa shape index (κ2) is 9.13. The first-order valence-corrected chi connectivity index (χ1v) is 6.16. The van der Waals surface area contributed by atoms with Gasteiger partial charge in [0.05, 0.1) is 27.2 Å². The smallest absolute Gasteiger partial charge is 0.0782 e. The molecule has 0 heterocycles. The molecule has 0 aromatic rings. The first kappa shape index (κ1) is 14.9. The standard InChI is InChI=1S/C12H28NO2/c1-13(2,9-5-3-7-11-14)10-6-4-8-12-15/h14-15H,3-12H2,1-2H3/q+1. The molecule has 0 atom stereocenters. The predicted octanol–water partition coefficient (Wildman–Crippen LogP) is 1.39. The van der Waals surface area contributed by atoms with Crippen molar-refractivity contribution < 1.29 is 14.7 Å². The summed E-state index contributed by atoms with van der Waals surface area (Å²) in [6, 6.07) is 0. The van der Waals surface area contributed by atoms with Gasteiger partial charge in [0.2, 0.25) is 0 Å². The summed E-state index contributed by atoms with van der Waals surface area (Å²) >= 11 is 0. The zero-order chi connectivity index (χ0) is 11.6. The first-order valence-electron chi connectivity index (χ1n) is 6.16. The van der Waals surface area contributed by atoms with Crippen molar-refractivity contribution in [3.8, 4) is 0 Å². The Labute approximate surface area is 94.3 Å². The average molecular weight is 218 g/mol. The number of rotatable bonds is 10. The van der Waals surface area contributed by atoms with Gasteiger partial charge in [-0.05, 0) is 38.5 Å². The van der Waals surface area contributed by atoms with E-state index in [1.165, 1.54) is 25.9 Å². The molecule has 3 nitrogen and oxygen atoms in total. The number of aliphatic hydroxyl groups excluding tert-OH is 2. The van der Waals surface area contributed by atoms with Gasteiger partial charge in [-0.15, -0.1) is 0 Å². The highest BCUT2D eigenvalue weighted by Crippen LogP contribution is 2.07. The fourth-order valence-electron chi connectivity index (χ4n) is 1.77. The van der Waals surface area contributed by atoms with Gasteiger partial charge in [-0.3, -0.25) is 0 Å². The lowest BCUT2D eigenvalue weighted by atomic mass is 10.2. The zero-order valence-corrected chi connectivity index (χ0v) is 10.4. The van der Waals surface area contributed by atoms with Crippen LogP contribution >= 0.6 is 0 Å². The van der Waals surface area contributed by atoms with Crippen LogP contribution in [0.5, 0.6) is 0 Å². The van der Waals surface area contributed by atoms with Crippen LogP contribution in [0.2, 0.25) is 0 Å². The van der Waals surface area contributed by atoms with Crippen LogP contribution in [-0.4, -0.2) is 55.1 Å². The van der Waals surface area contributed by atoms with Crippen molar-refractivity contribution in [2.45, 2.75) is 38.5 Å². The highest BCUT2D eigenvalue weighted by atomic mass is 16.3. The molecular formula is C12H28NO2+. The topological polar surface area (TPSA) is 40.5 Å². The molecule has 0 aromatic heterocycles. The molecule has 92 valence electrons. The molecule has 0 radical (unpaired) electrons. The largest absolute Gasteiger partial charge is 0.396 e. The summed E-state index contributed by atoms with van der Waals surface area (Å²) < 4.78 is 1.07. The minimum absolute atomic E-state index is 0.323. The third-order valence-corrected chi connectivity index (χ3v) is 2.84. The summed E-state index contributed by atoms with van der Waals surface area (Å²) in [7, 11) is 4.52. The van der Waals surface area contributed by atoms with Crippen LogP contribution < -0.4 is 0 Å². The molecule has 0 fully saturated rings. The lowest BCUT2D eigenvalue weighted by molar-refractivity contribution is -0.890. The van der Waals surface area contributed by atoms with Crippen LogP contribution in [0.1, 0.15) is 38.5 Å². The fraction of sp³-hybridized carbons (Fsp3) is 1.00. The molecule has 15 heavy (non-hydrogen) atoms. The number of aliphatic hydroxyl groups is 2. The van der Waals surface area contributed by atoms with Gasteiger partial charge >= 0.3 is 0 Å². The minimum atomic E-state index is 0.323. The maximum atomic E-state index is 8.67. The van der Waals surface area contributed by atoms with Gasteiger partial charge in [0.15, 0.2) is 0 Å². The predicted molar refractivity (Wildman–Crippen MR) is 63.7 cm³/mol. The van der Waals surface area contributed by atoms with Crippen molar-refractivity contribution >= 4 is 0 Å². The van der Waals surface area contributed by atoms with Gasteiger partial charge in [0.1, 0.15) is 0 Å². The molecule has 0 spiro atoms. The summed E-state index contributed by atoms with van der Waals surface area (Å²) in [5.41, 5.74) is 0. The van der Waals surface area contributed by atoms with Crippen molar-refractivity contribution in [1.82, 2.24) is 0 Å². The maximum absolute atomic E-state index is 8.67. The maximum Gasteiger partial charge on any atom is 0.0782 e. The molecule has 0 aromatic carbocycles. The number of hydrogen-bond donors (Lipinski definition) is 2. The molecule has 0 aliphatic rings. The Bertz CT molecular complexity index is 124. The van der Waals surface area contributed by atoms with E-state index in [1.807, 2.05) is 0 Å². The number of quaternary nitrogens is 1. The third-order valence-electron chi connectivity index (χ3n) is 2.84. The van der Waals surface area contributed by atoms with Crippen molar-refractivity contribution in [2.75, 3.05) is 40.4 Å². The number of hydrogen-bond acceptors (Lipinski definition) is 2. The van der Waals surface area contributed by atoms with Crippen LogP contribution in [-0.2, 0) is 0 Å². The molecule has 2 N–H and O–H groups in total. The minimum Gasteiger partial charge on any atom is -0.396 e. The van der Waals surface area contributed by atoms with Crippen molar-refractivity contribution in [1.29, 1.82) is 0 Å². The van der Waals surface area contributed by atoms with Crippen LogP contribution in [0.25, 0.3) is 0 Å². The SMILES string of the molecule is C[N+](C)(CCCCCO)CCCCCO. The molecule has 0 unspecified atom stereocenters. The first-order chi connectivity index (χ1) is 7.12. The van der Waals surface area contributed by atoms with Gasteiger partial charge in [0.25, 0.3) is 0 Å². The monoisotopic (exact) mass is 218 g/mol. The van der Waals surface area contributed by atoms with Gasteiger partial charge in [0, 0.05) is 13.2 Å². The van der Waals surface area contributed by atoms with Crippen molar-refractivity contribution in [3.63, 3.8) is 0 Å². The molecular weight excluding hydrogens is 190 g/mol. The number of nitrogens with zero attached hydrogens (tertiary/aromatic N) is 1. The Hall–Kier alpha value is -0.120. The normalized spacial score (nSPS) is 12.0. The Morgan fingerprint density at radius 2 is 1.07 bits per heavy atom. The molecule has 0 saturated heterocycles. The van der Waals surface area contributed by atoms with Crippen molar-refractivity contribution in [3.05, 3.63) is 0 Å². The highest BCUT2D eigenvalue weighted by molar-refractivity contribution is 4.43. The Balaban J connectivity index is 3.40. The van der Waals surface area contributed by atoms with Crippen LogP contribution in [0.4, 0.5) is 0 Å². The van der Waals surface area contributed by atoms with Gasteiger partial charge in [-0.25, -0.2) is 0 Å². The Kier molecular flexibility index (Phi) is 9.06. The lowest BCUT2D eigenvalue weighted by Gasteiger charge is -2.29. The Morgan fingerprint density at radius 1 is 0.667 bits per heavy atom. The molecule has 0 rings (SSSR count). The van der Waals surface area contributed by atoms with Crippen LogP contribution in [0.15, 0.2) is 0 Å². The van der Waals surface area contributed by atoms with E-state index in [0.29, 0.717) is 13.2 Å². The van der Waals surface area contributed by atoms with Crippen LogP contribution in [0, 0.1) is 0 Å². The molecule has 3 heteroatoms. The molecule has 0 aliphatic heterocycles. The van der Waals surface area contributed by atoms with E-state index in [1.54, 1.807) is 0 Å². The van der Waals surface area contributed by atoms with E-state index < -0.39 is 0 Å². The molecule has 0 amide bonds. The molecule has 0 aliphatic carbocycles. The average Bonchev–Trinajstić information content (AvgIpc) is 2.20. The second-order valence-electron chi connectivity index (χ2n) is 4.95. The van der Waals surface area contributed by atoms with Crippen LogP contribution in [0.3, 0.4) is 0 Å². The van der Waals surface area contributed by atoms with E-state index >= 15 is 0 Å². The lowest BCUT2D eigenvalue weighted by Crippen LogP contribution is -2.41. The van der Waals surface area contributed by atoms with E-state index in [9.17, 15) is 0 Å². The molecule has 0 saturated carbocycles. The third kappa shape index (κ3) is 10.2. The highest BCUT2D eigenvalue weighted by Gasteiger charge is 2.13. The van der Waals surface area contributed by atoms with E-state index in [-0.39, 0.29) is 0 Å². The second-order valence-corrected chi connectivity index (χ2v) is 4.95. The summed E-state index contributed by atoms with van der Waals surface area (Å²) in [5.74, 6) is 0. The van der Waals surface area contributed by atoms with Gasteiger partial charge < -0.3 is 14.7 Å². The quantitative estimate of drug-likeness (QED) is 0.430. The summed E-state index contributed by atoms with van der Waals surface area (Å²) in [6.07, 6.45) is 6.54. The zero-order valence-electron chi connectivity index (χ0n) is 10.4. The van der Waals surface area contributed by atoms with E-state index in [4.69, 9.17) is 10.2 Å². The van der Waals surface area contributed by atoms with E-state index in [0.717, 1.165) is 30.2 Å². The summed E-state index contributed by atoms with van der Waals surface area (Å²) in [6.45, 7) is 3.03. The molecule has 0 bridgehead atoms. The van der Waals surface area contributed by atoms with Gasteiger partial charge in [-0.1, -0.05) is 0 Å². The van der Waals surface area contributed by atoms with Gasteiger partial charge in [-0.2, -0.15) is 0 Å². The fourth-order valence-corrected chi connectivity index (χ4v) is 1.77. The number of unbranched alkanes of at least 4 members (excludes halogenated alkanes) is 4. The Morgan fingerprint density at radius 3 is 1.40 bits per heavy atom.